The summed E-state index contributed by atoms with van der Waals surface area (Å²) >= 11 is 1.80. The second-order valence-corrected chi connectivity index (χ2v) is 7.01. The molecule has 2 unspecified atom stereocenters. The number of likely N-dealkylation sites (N-methyl/N-ethyl adjacent to an activating group) is 1. The topological polar surface area (TPSA) is 40.1 Å². The van der Waals surface area contributed by atoms with Gasteiger partial charge in [-0.05, 0) is 32.0 Å². The SMILES string of the molecule is CN=C(NCC(c1cccs1)N(C)C)N(C)CC1CCOC1.I. The van der Waals surface area contributed by atoms with Crippen LogP contribution in [0.1, 0.15) is 17.3 Å². The smallest absolute Gasteiger partial charge is 0.193 e. The minimum atomic E-state index is 0. The molecule has 1 aliphatic rings. The third kappa shape index (κ3) is 6.21. The van der Waals surface area contributed by atoms with E-state index >= 15 is 0 Å². The fourth-order valence-electron chi connectivity index (χ4n) is 2.79. The molecule has 132 valence electrons. The van der Waals surface area contributed by atoms with E-state index in [4.69, 9.17) is 4.74 Å². The van der Waals surface area contributed by atoms with E-state index in [1.165, 1.54) is 4.88 Å². The maximum Gasteiger partial charge on any atom is 0.193 e. The molecule has 1 aromatic heterocycles. The first-order chi connectivity index (χ1) is 10.6. The molecule has 1 fully saturated rings. The van der Waals surface area contributed by atoms with Gasteiger partial charge >= 0.3 is 0 Å². The van der Waals surface area contributed by atoms with Gasteiger partial charge in [-0.3, -0.25) is 4.99 Å². The lowest BCUT2D eigenvalue weighted by atomic mass is 10.1. The molecule has 7 heteroatoms. The van der Waals surface area contributed by atoms with E-state index in [9.17, 15) is 0 Å². The normalized spacial score (nSPS) is 19.5. The van der Waals surface area contributed by atoms with Gasteiger partial charge < -0.3 is 19.9 Å². The molecule has 0 aromatic carbocycles. The highest BCUT2D eigenvalue weighted by atomic mass is 127. The van der Waals surface area contributed by atoms with Gasteiger partial charge in [0.15, 0.2) is 5.96 Å². The zero-order valence-electron chi connectivity index (χ0n) is 14.5. The Bertz CT molecular complexity index is 461. The Labute approximate surface area is 161 Å². The average molecular weight is 452 g/mol. The Morgan fingerprint density at radius 2 is 2.26 bits per heavy atom. The van der Waals surface area contributed by atoms with Crippen LogP contribution in [-0.4, -0.2) is 70.3 Å². The van der Waals surface area contributed by atoms with E-state index < -0.39 is 0 Å². The van der Waals surface area contributed by atoms with Crippen LogP contribution in [0.25, 0.3) is 0 Å². The molecule has 1 N–H and O–H groups in total. The standard InChI is InChI=1S/C16H28N4OS.HI/c1-17-16(20(4)11-13-7-8-21-12-13)18-10-14(19(2)3)15-6-5-9-22-15;/h5-6,9,13-14H,7-8,10-12H2,1-4H3,(H,17,18);1H. The van der Waals surface area contributed by atoms with Crippen molar-refractivity contribution < 1.29 is 4.74 Å². The van der Waals surface area contributed by atoms with E-state index in [1.807, 2.05) is 7.05 Å². The molecule has 1 aromatic rings. The van der Waals surface area contributed by atoms with E-state index in [1.54, 1.807) is 11.3 Å². The Kier molecular flexibility index (Phi) is 9.41. The Balaban J connectivity index is 0.00000264. The Morgan fingerprint density at radius 1 is 1.48 bits per heavy atom. The van der Waals surface area contributed by atoms with E-state index in [0.29, 0.717) is 12.0 Å². The monoisotopic (exact) mass is 452 g/mol. The highest BCUT2D eigenvalue weighted by Gasteiger charge is 2.20. The van der Waals surface area contributed by atoms with Gasteiger partial charge in [0.2, 0.25) is 0 Å². The summed E-state index contributed by atoms with van der Waals surface area (Å²) in [7, 11) is 8.19. The zero-order chi connectivity index (χ0) is 15.9. The summed E-state index contributed by atoms with van der Waals surface area (Å²) < 4.78 is 5.46. The minimum absolute atomic E-state index is 0. The average Bonchev–Trinajstić information content (AvgIpc) is 3.16. The van der Waals surface area contributed by atoms with Gasteiger partial charge in [0.25, 0.3) is 0 Å². The number of thiophene rings is 1. The van der Waals surface area contributed by atoms with Gasteiger partial charge in [0, 0.05) is 44.6 Å². The molecule has 0 aliphatic carbocycles. The van der Waals surface area contributed by atoms with Gasteiger partial charge in [0.05, 0.1) is 12.6 Å². The number of guanidine groups is 1. The van der Waals surface area contributed by atoms with Crippen molar-refractivity contribution in [3.63, 3.8) is 0 Å². The van der Waals surface area contributed by atoms with Gasteiger partial charge in [-0.1, -0.05) is 6.07 Å². The first-order valence-corrected chi connectivity index (χ1v) is 8.69. The molecule has 23 heavy (non-hydrogen) atoms. The number of nitrogens with one attached hydrogen (secondary N) is 1. The predicted molar refractivity (Wildman–Crippen MR) is 109 cm³/mol. The lowest BCUT2D eigenvalue weighted by Gasteiger charge is -2.28. The quantitative estimate of drug-likeness (QED) is 0.409. The van der Waals surface area contributed by atoms with Crippen LogP contribution in [-0.2, 0) is 4.74 Å². The number of hydrogen-bond acceptors (Lipinski definition) is 4. The van der Waals surface area contributed by atoms with Crippen molar-refractivity contribution in [3.8, 4) is 0 Å². The summed E-state index contributed by atoms with van der Waals surface area (Å²) in [6, 6.07) is 4.66. The Hall–Kier alpha value is -0.380. The second kappa shape index (κ2) is 10.5. The first-order valence-electron chi connectivity index (χ1n) is 7.81. The molecular weight excluding hydrogens is 423 g/mol. The van der Waals surface area contributed by atoms with E-state index in [-0.39, 0.29) is 24.0 Å². The lowest BCUT2D eigenvalue weighted by Crippen LogP contribution is -2.44. The summed E-state index contributed by atoms with van der Waals surface area (Å²) in [5, 5.41) is 5.64. The van der Waals surface area contributed by atoms with Crippen molar-refractivity contribution >= 4 is 41.3 Å². The summed E-state index contributed by atoms with van der Waals surface area (Å²) in [4.78, 5) is 10.2. The molecule has 0 saturated carbocycles. The third-order valence-corrected chi connectivity index (χ3v) is 5.05. The van der Waals surface area contributed by atoms with Crippen LogP contribution in [0.15, 0.2) is 22.5 Å². The van der Waals surface area contributed by atoms with Crippen LogP contribution in [0.2, 0.25) is 0 Å². The van der Waals surface area contributed by atoms with Crippen LogP contribution in [0.5, 0.6) is 0 Å². The molecule has 0 amide bonds. The summed E-state index contributed by atoms with van der Waals surface area (Å²) in [5.74, 6) is 1.57. The third-order valence-electron chi connectivity index (χ3n) is 4.08. The number of nitrogens with zero attached hydrogens (tertiary/aromatic N) is 3. The van der Waals surface area contributed by atoms with Crippen LogP contribution >= 0.6 is 35.3 Å². The van der Waals surface area contributed by atoms with Crippen molar-refractivity contribution in [2.24, 2.45) is 10.9 Å². The fourth-order valence-corrected chi connectivity index (χ4v) is 3.71. The molecule has 2 heterocycles. The largest absolute Gasteiger partial charge is 0.381 e. The summed E-state index contributed by atoms with van der Waals surface area (Å²) in [5.41, 5.74) is 0. The maximum atomic E-state index is 5.46. The van der Waals surface area contributed by atoms with E-state index in [2.05, 4.69) is 58.8 Å². The van der Waals surface area contributed by atoms with Crippen LogP contribution in [0.3, 0.4) is 0 Å². The first kappa shape index (κ1) is 20.7. The van der Waals surface area contributed by atoms with Crippen molar-refractivity contribution in [2.45, 2.75) is 12.5 Å². The molecule has 1 saturated heterocycles. The lowest BCUT2D eigenvalue weighted by molar-refractivity contribution is 0.181. The highest BCUT2D eigenvalue weighted by Crippen LogP contribution is 2.22. The Morgan fingerprint density at radius 3 is 2.78 bits per heavy atom. The summed E-state index contributed by atoms with van der Waals surface area (Å²) in [6.45, 7) is 3.61. The number of halogens is 1. The van der Waals surface area contributed by atoms with Crippen molar-refractivity contribution in [1.82, 2.24) is 15.1 Å². The minimum Gasteiger partial charge on any atom is -0.381 e. The van der Waals surface area contributed by atoms with Crippen LogP contribution in [0, 0.1) is 5.92 Å². The zero-order valence-corrected chi connectivity index (χ0v) is 17.6. The molecular formula is C16H29IN4OS. The maximum absolute atomic E-state index is 5.46. The van der Waals surface area contributed by atoms with Crippen molar-refractivity contribution in [1.29, 1.82) is 0 Å². The van der Waals surface area contributed by atoms with E-state index in [0.717, 1.165) is 38.7 Å². The predicted octanol–water partition coefficient (Wildman–Crippen LogP) is 2.51. The van der Waals surface area contributed by atoms with Crippen LogP contribution < -0.4 is 5.32 Å². The molecule has 0 radical (unpaired) electrons. The number of aliphatic imine (C=N–C) groups is 1. The molecule has 5 nitrogen and oxygen atoms in total. The van der Waals surface area contributed by atoms with Gasteiger partial charge in [0.1, 0.15) is 0 Å². The molecule has 0 spiro atoms. The molecule has 2 atom stereocenters. The van der Waals surface area contributed by atoms with Gasteiger partial charge in [-0.2, -0.15) is 0 Å². The second-order valence-electron chi connectivity index (χ2n) is 6.03. The van der Waals surface area contributed by atoms with Gasteiger partial charge in [-0.25, -0.2) is 0 Å². The molecule has 1 aliphatic heterocycles. The van der Waals surface area contributed by atoms with Crippen molar-refractivity contribution in [3.05, 3.63) is 22.4 Å². The number of rotatable bonds is 6. The fraction of sp³-hybridized carbons (Fsp3) is 0.688. The van der Waals surface area contributed by atoms with Crippen molar-refractivity contribution in [2.75, 3.05) is 54.5 Å². The molecule has 0 bridgehead atoms. The van der Waals surface area contributed by atoms with Gasteiger partial charge in [-0.15, -0.1) is 35.3 Å². The van der Waals surface area contributed by atoms with Crippen LogP contribution in [0.4, 0.5) is 0 Å². The number of ether oxygens (including phenoxy) is 1. The highest BCUT2D eigenvalue weighted by molar-refractivity contribution is 14.0. The summed E-state index contributed by atoms with van der Waals surface area (Å²) in [6.07, 6.45) is 1.15. The molecule has 2 rings (SSSR count). The number of hydrogen-bond donors (Lipinski definition) is 1.